The van der Waals surface area contributed by atoms with Gasteiger partial charge < -0.3 is 16.4 Å². The Morgan fingerprint density at radius 1 is 0.808 bits per heavy atom. The monoisotopic (exact) mass is 387 g/mol. The van der Waals surface area contributed by atoms with Gasteiger partial charge in [0.15, 0.2) is 10.3 Å². The van der Waals surface area contributed by atoms with Crippen molar-refractivity contribution >= 4 is 50.9 Å². The highest BCUT2D eigenvalue weighted by Gasteiger charge is 2.00. The molecule has 138 valence electrons. The van der Waals surface area contributed by atoms with E-state index in [0.29, 0.717) is 10.3 Å². The van der Waals surface area contributed by atoms with Gasteiger partial charge in [-0.15, -0.1) is 0 Å². The number of thioether (sulfide) groups is 2. The van der Waals surface area contributed by atoms with E-state index < -0.39 is 0 Å². The Bertz CT molecular complexity index is 727. The zero-order valence-electron chi connectivity index (χ0n) is 15.1. The van der Waals surface area contributed by atoms with Gasteiger partial charge in [-0.25, -0.2) is 9.98 Å². The minimum atomic E-state index is 0.582. The Morgan fingerprint density at radius 2 is 1.31 bits per heavy atom. The predicted molar refractivity (Wildman–Crippen MR) is 119 cm³/mol. The minimum absolute atomic E-state index is 0.582. The van der Waals surface area contributed by atoms with Crippen LogP contribution in [0.25, 0.3) is 0 Å². The van der Waals surface area contributed by atoms with E-state index in [1.165, 1.54) is 0 Å². The number of para-hydroxylation sites is 1. The SMILES string of the molecule is CN(C)c1ccc(N=C(N)SCCCSC(N)=Nc2ccccc2)cc1. The Morgan fingerprint density at radius 3 is 1.81 bits per heavy atom. The van der Waals surface area contributed by atoms with Crippen LogP contribution in [0, 0.1) is 0 Å². The standard InChI is InChI=1S/C19H25N5S2/c1-24(2)17-11-9-16(10-12-17)23-19(21)26-14-6-13-25-18(20)22-15-7-4-3-5-8-15/h3-5,7-12H,6,13-14H2,1-2H3,(H2,20,22)(H2,21,23). The number of anilines is 1. The molecule has 0 aliphatic rings. The predicted octanol–water partition coefficient (Wildman–Crippen LogP) is 4.20. The van der Waals surface area contributed by atoms with Crippen LogP contribution >= 0.6 is 23.5 Å². The maximum absolute atomic E-state index is 6.00. The van der Waals surface area contributed by atoms with Crippen molar-refractivity contribution in [2.75, 3.05) is 30.5 Å². The summed E-state index contributed by atoms with van der Waals surface area (Å²) in [6.07, 6.45) is 0.982. The first-order chi connectivity index (χ1) is 12.5. The lowest BCUT2D eigenvalue weighted by molar-refractivity contribution is 1.13. The zero-order valence-corrected chi connectivity index (χ0v) is 16.8. The van der Waals surface area contributed by atoms with Crippen LogP contribution in [0.1, 0.15) is 6.42 Å². The van der Waals surface area contributed by atoms with Crippen molar-refractivity contribution < 1.29 is 0 Å². The Hall–Kier alpha value is -2.12. The number of nitrogens with zero attached hydrogens (tertiary/aromatic N) is 3. The summed E-state index contributed by atoms with van der Waals surface area (Å²) in [5, 5.41) is 1.17. The van der Waals surface area contributed by atoms with Crippen LogP contribution in [-0.4, -0.2) is 35.9 Å². The van der Waals surface area contributed by atoms with Gasteiger partial charge in [0, 0.05) is 31.3 Å². The molecule has 0 spiro atoms. The van der Waals surface area contributed by atoms with E-state index in [1.54, 1.807) is 23.5 Å². The number of amidine groups is 2. The summed E-state index contributed by atoms with van der Waals surface area (Å²) in [6, 6.07) is 17.7. The van der Waals surface area contributed by atoms with Crippen molar-refractivity contribution in [1.29, 1.82) is 0 Å². The van der Waals surface area contributed by atoms with Crippen LogP contribution in [-0.2, 0) is 0 Å². The van der Waals surface area contributed by atoms with Gasteiger partial charge in [0.05, 0.1) is 11.4 Å². The van der Waals surface area contributed by atoms with Crippen molar-refractivity contribution in [3.8, 4) is 0 Å². The maximum atomic E-state index is 6.00. The summed E-state index contributed by atoms with van der Waals surface area (Å²) in [7, 11) is 4.02. The fraction of sp³-hybridized carbons (Fsp3) is 0.263. The largest absolute Gasteiger partial charge is 0.378 e. The Kier molecular flexibility index (Phi) is 8.37. The average Bonchev–Trinajstić information content (AvgIpc) is 2.62. The summed E-state index contributed by atoms with van der Waals surface area (Å²) >= 11 is 3.12. The molecule has 2 aromatic rings. The van der Waals surface area contributed by atoms with E-state index in [1.807, 2.05) is 68.7 Å². The van der Waals surface area contributed by atoms with Crippen LogP contribution in [0.4, 0.5) is 17.1 Å². The number of nitrogens with two attached hydrogens (primary N) is 2. The topological polar surface area (TPSA) is 80.0 Å². The van der Waals surface area contributed by atoms with E-state index in [-0.39, 0.29) is 0 Å². The number of hydrogen-bond donors (Lipinski definition) is 2. The van der Waals surface area contributed by atoms with Crippen molar-refractivity contribution in [2.24, 2.45) is 21.5 Å². The maximum Gasteiger partial charge on any atom is 0.159 e. The number of hydrogen-bond acceptors (Lipinski definition) is 5. The summed E-state index contributed by atoms with van der Waals surface area (Å²) in [5.41, 5.74) is 14.8. The molecule has 0 unspecified atom stereocenters. The summed E-state index contributed by atoms with van der Waals surface area (Å²) in [4.78, 5) is 10.8. The molecule has 0 heterocycles. The number of aliphatic imine (C=N–C) groups is 2. The van der Waals surface area contributed by atoms with Gasteiger partial charge in [-0.05, 0) is 42.8 Å². The third-order valence-corrected chi connectivity index (χ3v) is 5.15. The zero-order chi connectivity index (χ0) is 18.8. The van der Waals surface area contributed by atoms with Gasteiger partial charge in [-0.2, -0.15) is 0 Å². The van der Waals surface area contributed by atoms with Crippen LogP contribution in [0.5, 0.6) is 0 Å². The van der Waals surface area contributed by atoms with Crippen LogP contribution < -0.4 is 16.4 Å². The van der Waals surface area contributed by atoms with E-state index >= 15 is 0 Å². The molecule has 0 aliphatic heterocycles. The first-order valence-corrected chi connectivity index (χ1v) is 10.3. The molecule has 0 fully saturated rings. The fourth-order valence-electron chi connectivity index (χ4n) is 2.06. The van der Waals surface area contributed by atoms with E-state index in [2.05, 4.69) is 14.9 Å². The Labute approximate surface area is 164 Å². The third kappa shape index (κ3) is 7.41. The second-order valence-corrected chi connectivity index (χ2v) is 7.93. The molecule has 4 N–H and O–H groups in total. The molecule has 0 atom stereocenters. The lowest BCUT2D eigenvalue weighted by atomic mass is 10.3. The molecule has 0 aromatic heterocycles. The third-order valence-electron chi connectivity index (χ3n) is 3.39. The number of rotatable bonds is 7. The average molecular weight is 388 g/mol. The molecule has 26 heavy (non-hydrogen) atoms. The van der Waals surface area contributed by atoms with E-state index in [4.69, 9.17) is 11.5 Å². The molecule has 0 saturated heterocycles. The van der Waals surface area contributed by atoms with Crippen molar-refractivity contribution in [3.05, 3.63) is 54.6 Å². The van der Waals surface area contributed by atoms with Gasteiger partial charge in [0.25, 0.3) is 0 Å². The van der Waals surface area contributed by atoms with Crippen molar-refractivity contribution in [2.45, 2.75) is 6.42 Å². The molecule has 0 aliphatic carbocycles. The molecular formula is C19H25N5S2. The summed E-state index contributed by atoms with van der Waals surface area (Å²) in [5.74, 6) is 1.80. The molecule has 0 amide bonds. The lowest BCUT2D eigenvalue weighted by Crippen LogP contribution is -2.09. The second-order valence-electron chi connectivity index (χ2n) is 5.70. The van der Waals surface area contributed by atoms with Gasteiger partial charge in [0.1, 0.15) is 0 Å². The second kappa shape index (κ2) is 10.8. The lowest BCUT2D eigenvalue weighted by Gasteiger charge is -2.11. The van der Waals surface area contributed by atoms with Gasteiger partial charge >= 0.3 is 0 Å². The number of benzene rings is 2. The molecule has 0 radical (unpaired) electrons. The highest BCUT2D eigenvalue weighted by atomic mass is 32.2. The quantitative estimate of drug-likeness (QED) is 0.423. The van der Waals surface area contributed by atoms with Crippen molar-refractivity contribution in [1.82, 2.24) is 0 Å². The van der Waals surface area contributed by atoms with Gasteiger partial charge in [-0.1, -0.05) is 41.7 Å². The van der Waals surface area contributed by atoms with Gasteiger partial charge in [0.2, 0.25) is 0 Å². The van der Waals surface area contributed by atoms with E-state index in [9.17, 15) is 0 Å². The molecule has 0 saturated carbocycles. The molecule has 2 rings (SSSR count). The molecule has 0 bridgehead atoms. The molecular weight excluding hydrogens is 362 g/mol. The Balaban J connectivity index is 1.69. The molecule has 7 heteroatoms. The summed E-state index contributed by atoms with van der Waals surface area (Å²) < 4.78 is 0. The smallest absolute Gasteiger partial charge is 0.159 e. The first kappa shape index (κ1) is 20.2. The van der Waals surface area contributed by atoms with Crippen LogP contribution in [0.3, 0.4) is 0 Å². The van der Waals surface area contributed by atoms with Crippen LogP contribution in [0.2, 0.25) is 0 Å². The molecule has 2 aromatic carbocycles. The highest BCUT2D eigenvalue weighted by molar-refractivity contribution is 8.14. The van der Waals surface area contributed by atoms with E-state index in [0.717, 1.165) is 35.0 Å². The normalized spacial score (nSPS) is 12.2. The van der Waals surface area contributed by atoms with Crippen molar-refractivity contribution in [3.63, 3.8) is 0 Å². The minimum Gasteiger partial charge on any atom is -0.378 e. The molecule has 5 nitrogen and oxygen atoms in total. The first-order valence-electron chi connectivity index (χ1n) is 8.31. The van der Waals surface area contributed by atoms with Gasteiger partial charge in [-0.3, -0.25) is 0 Å². The highest BCUT2D eigenvalue weighted by Crippen LogP contribution is 2.20. The van der Waals surface area contributed by atoms with Crippen LogP contribution in [0.15, 0.2) is 64.6 Å². The summed E-state index contributed by atoms with van der Waals surface area (Å²) in [6.45, 7) is 0. The fourth-order valence-corrected chi connectivity index (χ4v) is 3.58.